The van der Waals surface area contributed by atoms with E-state index >= 15 is 0 Å². The van der Waals surface area contributed by atoms with Gasteiger partial charge in [0.05, 0.1) is 36.9 Å². The Kier molecular flexibility index (Phi) is 8.27. The predicted octanol–water partition coefficient (Wildman–Crippen LogP) is 0.523. The van der Waals surface area contributed by atoms with Crippen molar-refractivity contribution in [2.45, 2.75) is 44.6 Å². The van der Waals surface area contributed by atoms with Gasteiger partial charge in [0, 0.05) is 55.2 Å². The first-order valence-corrected chi connectivity index (χ1v) is 12.9. The standard InChI is InChI=1S/C27H32N8O4/c36-13-20(7-6-17-4-2-1-3-5-17)28-8-19-11-31-25-23(19)34-16-35(27(25)39)12-21(14-37)29-9-18-10-30-24-22(18)32-15-33-26(24)38/h1-5,10-11,15-16,20-21,28-31,36-37H,6-9,12-14H2,(H,32,33,38)/t20-,21-/m1/s1. The number of fused-ring (bicyclic) bond motifs is 2. The normalized spacial score (nSPS) is 13.3. The van der Waals surface area contributed by atoms with Crippen molar-refractivity contribution >= 4 is 22.1 Å². The molecule has 0 aliphatic rings. The molecule has 0 amide bonds. The molecule has 0 unspecified atom stereocenters. The van der Waals surface area contributed by atoms with Gasteiger partial charge in [-0.25, -0.2) is 9.97 Å². The molecule has 4 aromatic heterocycles. The van der Waals surface area contributed by atoms with Gasteiger partial charge in [0.2, 0.25) is 0 Å². The van der Waals surface area contributed by atoms with E-state index in [0.29, 0.717) is 35.2 Å². The smallest absolute Gasteiger partial charge is 0.277 e. The third-order valence-corrected chi connectivity index (χ3v) is 6.93. The number of nitrogens with one attached hydrogen (secondary N) is 5. The molecule has 0 fully saturated rings. The lowest BCUT2D eigenvalue weighted by molar-refractivity contribution is 0.227. The number of H-pyrrole nitrogens is 3. The number of aliphatic hydroxyl groups is 2. The van der Waals surface area contributed by atoms with Crippen LogP contribution >= 0.6 is 0 Å². The number of benzene rings is 1. The second-order valence-corrected chi connectivity index (χ2v) is 9.55. The summed E-state index contributed by atoms with van der Waals surface area (Å²) in [6.45, 7) is 0.815. The molecule has 4 heterocycles. The van der Waals surface area contributed by atoms with Crippen molar-refractivity contribution in [3.63, 3.8) is 0 Å². The number of rotatable bonds is 13. The van der Waals surface area contributed by atoms with Gasteiger partial charge in [-0.2, -0.15) is 0 Å². The van der Waals surface area contributed by atoms with Gasteiger partial charge in [-0.15, -0.1) is 0 Å². The predicted molar refractivity (Wildman–Crippen MR) is 147 cm³/mol. The topological polar surface area (TPSA) is 177 Å². The van der Waals surface area contributed by atoms with Gasteiger partial charge in [0.15, 0.2) is 0 Å². The monoisotopic (exact) mass is 532 g/mol. The van der Waals surface area contributed by atoms with Crippen LogP contribution in [0.15, 0.2) is 65.0 Å². The van der Waals surface area contributed by atoms with E-state index < -0.39 is 6.04 Å². The van der Waals surface area contributed by atoms with Crippen LogP contribution in [0.5, 0.6) is 0 Å². The number of aryl methyl sites for hydroxylation is 1. The van der Waals surface area contributed by atoms with Crippen LogP contribution in [0.4, 0.5) is 0 Å². The van der Waals surface area contributed by atoms with Crippen LogP contribution in [0.2, 0.25) is 0 Å². The molecule has 0 saturated carbocycles. The highest BCUT2D eigenvalue weighted by Gasteiger charge is 2.16. The van der Waals surface area contributed by atoms with Crippen LogP contribution in [-0.2, 0) is 26.1 Å². The molecule has 0 saturated heterocycles. The zero-order chi connectivity index (χ0) is 27.2. The maximum absolute atomic E-state index is 13.2. The average molecular weight is 533 g/mol. The van der Waals surface area contributed by atoms with Crippen molar-refractivity contribution in [3.05, 3.63) is 92.8 Å². The SMILES string of the molecule is O=c1[nH]cnc2c(CN[C@@H](CO)Cn3cnc4c(CN[C@@H](CO)CCc5ccccc5)c[nH]c4c3=O)c[nH]c12. The molecular weight excluding hydrogens is 500 g/mol. The van der Waals surface area contributed by atoms with Crippen LogP contribution in [0.25, 0.3) is 22.1 Å². The lowest BCUT2D eigenvalue weighted by atomic mass is 10.1. The number of aliphatic hydroxyl groups excluding tert-OH is 2. The summed E-state index contributed by atoms with van der Waals surface area (Å²) in [5, 5.41) is 26.3. The lowest BCUT2D eigenvalue weighted by Gasteiger charge is -2.17. The Labute approximate surface area is 223 Å². The van der Waals surface area contributed by atoms with E-state index in [1.54, 1.807) is 12.4 Å². The fraction of sp³-hybridized carbons (Fsp3) is 0.333. The zero-order valence-electron chi connectivity index (χ0n) is 21.4. The number of hydrogen-bond donors (Lipinski definition) is 7. The Morgan fingerprint density at radius 1 is 0.846 bits per heavy atom. The maximum Gasteiger partial charge on any atom is 0.277 e. The summed E-state index contributed by atoms with van der Waals surface area (Å²) >= 11 is 0. The summed E-state index contributed by atoms with van der Waals surface area (Å²) in [5.74, 6) is 0. The van der Waals surface area contributed by atoms with Gasteiger partial charge in [-0.3, -0.25) is 14.2 Å². The van der Waals surface area contributed by atoms with Gasteiger partial charge in [-0.05, 0) is 18.4 Å². The second kappa shape index (κ2) is 12.2. The summed E-state index contributed by atoms with van der Waals surface area (Å²) in [4.78, 5) is 42.3. The van der Waals surface area contributed by atoms with E-state index in [0.717, 1.165) is 24.0 Å². The Bertz CT molecular complexity index is 1640. The summed E-state index contributed by atoms with van der Waals surface area (Å²) in [6.07, 6.45) is 7.93. The van der Waals surface area contributed by atoms with Crippen molar-refractivity contribution in [2.75, 3.05) is 13.2 Å². The van der Waals surface area contributed by atoms with E-state index in [2.05, 4.69) is 47.7 Å². The van der Waals surface area contributed by atoms with Crippen LogP contribution < -0.4 is 21.8 Å². The second-order valence-electron chi connectivity index (χ2n) is 9.55. The summed E-state index contributed by atoms with van der Waals surface area (Å²) in [5.41, 5.74) is 4.25. The highest BCUT2D eigenvalue weighted by atomic mass is 16.3. The first-order valence-electron chi connectivity index (χ1n) is 12.9. The van der Waals surface area contributed by atoms with Crippen LogP contribution in [0, 0.1) is 0 Å². The minimum atomic E-state index is -0.431. The average Bonchev–Trinajstić information content (AvgIpc) is 3.58. The molecule has 39 heavy (non-hydrogen) atoms. The van der Waals surface area contributed by atoms with Crippen molar-refractivity contribution in [1.82, 2.24) is 40.1 Å². The third-order valence-electron chi connectivity index (χ3n) is 6.93. The molecule has 12 heteroatoms. The molecule has 0 radical (unpaired) electrons. The fourth-order valence-corrected chi connectivity index (χ4v) is 4.67. The van der Waals surface area contributed by atoms with Crippen molar-refractivity contribution < 1.29 is 10.2 Å². The first kappa shape index (κ1) is 26.5. The fourth-order valence-electron chi connectivity index (χ4n) is 4.67. The molecule has 2 atom stereocenters. The van der Waals surface area contributed by atoms with E-state index in [-0.39, 0.29) is 36.9 Å². The van der Waals surface area contributed by atoms with Crippen LogP contribution in [0.1, 0.15) is 23.1 Å². The maximum atomic E-state index is 13.2. The quantitative estimate of drug-likeness (QED) is 0.115. The molecular formula is C27H32N8O4. The van der Waals surface area contributed by atoms with Crippen LogP contribution in [0.3, 0.4) is 0 Å². The Morgan fingerprint density at radius 3 is 2.23 bits per heavy atom. The Balaban J connectivity index is 1.21. The summed E-state index contributed by atoms with van der Waals surface area (Å²) in [7, 11) is 0. The van der Waals surface area contributed by atoms with E-state index in [4.69, 9.17) is 0 Å². The largest absolute Gasteiger partial charge is 0.395 e. The van der Waals surface area contributed by atoms with Crippen molar-refractivity contribution in [1.29, 1.82) is 0 Å². The lowest BCUT2D eigenvalue weighted by Crippen LogP contribution is -2.39. The number of nitrogens with zero attached hydrogens (tertiary/aromatic N) is 3. The minimum absolute atomic E-state index is 0.01000. The third kappa shape index (κ3) is 5.99. The molecule has 12 nitrogen and oxygen atoms in total. The highest BCUT2D eigenvalue weighted by molar-refractivity contribution is 5.78. The summed E-state index contributed by atoms with van der Waals surface area (Å²) < 4.78 is 1.46. The van der Waals surface area contributed by atoms with E-state index in [1.165, 1.54) is 22.8 Å². The number of hydrogen-bond acceptors (Lipinski definition) is 8. The minimum Gasteiger partial charge on any atom is -0.395 e. The Morgan fingerprint density at radius 2 is 1.51 bits per heavy atom. The van der Waals surface area contributed by atoms with Gasteiger partial charge in [-0.1, -0.05) is 30.3 Å². The molecule has 204 valence electrons. The molecule has 5 aromatic rings. The van der Waals surface area contributed by atoms with Gasteiger partial charge in [0.25, 0.3) is 11.1 Å². The molecule has 5 rings (SSSR count). The molecule has 1 aromatic carbocycles. The number of aromatic amines is 3. The Hall–Kier alpha value is -4.10. The number of aromatic nitrogens is 6. The zero-order valence-corrected chi connectivity index (χ0v) is 21.4. The van der Waals surface area contributed by atoms with Crippen molar-refractivity contribution in [2.24, 2.45) is 0 Å². The molecule has 0 aliphatic heterocycles. The molecule has 0 spiro atoms. The first-order chi connectivity index (χ1) is 19.1. The van der Waals surface area contributed by atoms with E-state index in [1.807, 2.05) is 18.2 Å². The van der Waals surface area contributed by atoms with Crippen molar-refractivity contribution in [3.8, 4) is 0 Å². The van der Waals surface area contributed by atoms with Gasteiger partial charge in [0.1, 0.15) is 11.0 Å². The highest BCUT2D eigenvalue weighted by Crippen LogP contribution is 2.14. The van der Waals surface area contributed by atoms with E-state index in [9.17, 15) is 19.8 Å². The van der Waals surface area contributed by atoms with Crippen LogP contribution in [-0.4, -0.2) is 65.0 Å². The summed E-state index contributed by atoms with van der Waals surface area (Å²) in [6, 6.07) is 9.62. The molecule has 0 bridgehead atoms. The van der Waals surface area contributed by atoms with Gasteiger partial charge >= 0.3 is 0 Å². The molecule has 7 N–H and O–H groups in total. The van der Waals surface area contributed by atoms with Gasteiger partial charge < -0.3 is 35.8 Å². The molecule has 0 aliphatic carbocycles.